The molecule has 0 bridgehead atoms. The molecule has 164 valence electrons. The summed E-state index contributed by atoms with van der Waals surface area (Å²) < 4.78 is 10.6. The van der Waals surface area contributed by atoms with Gasteiger partial charge in [0.15, 0.2) is 11.5 Å². The molecule has 3 rings (SSSR count). The van der Waals surface area contributed by atoms with Gasteiger partial charge in [-0.2, -0.15) is 0 Å². The summed E-state index contributed by atoms with van der Waals surface area (Å²) in [6.45, 7) is 4.59. The highest BCUT2D eigenvalue weighted by molar-refractivity contribution is 6.09. The Morgan fingerprint density at radius 3 is 2.47 bits per heavy atom. The fourth-order valence-electron chi connectivity index (χ4n) is 4.22. The summed E-state index contributed by atoms with van der Waals surface area (Å²) in [5.74, 6) is 1.21. The van der Waals surface area contributed by atoms with Gasteiger partial charge in [0.2, 0.25) is 5.91 Å². The zero-order valence-corrected chi connectivity index (χ0v) is 18.2. The molecule has 30 heavy (non-hydrogen) atoms. The number of nitrogens with zero attached hydrogens (tertiary/aromatic N) is 2. The van der Waals surface area contributed by atoms with Gasteiger partial charge in [-0.3, -0.25) is 14.5 Å². The van der Waals surface area contributed by atoms with Crippen molar-refractivity contribution in [1.29, 1.82) is 0 Å². The maximum Gasteiger partial charge on any atom is 0.325 e. The molecule has 4 amide bonds. The number of hydrogen-bond donors (Lipinski definition) is 1. The summed E-state index contributed by atoms with van der Waals surface area (Å²) in [5.41, 5.74) is 0.0439. The molecular formula is C22H31N3O5. The van der Waals surface area contributed by atoms with Crippen LogP contribution >= 0.6 is 0 Å². The molecule has 1 saturated carbocycles. The Balaban J connectivity index is 1.68. The van der Waals surface area contributed by atoms with Gasteiger partial charge in [0.1, 0.15) is 12.1 Å². The summed E-state index contributed by atoms with van der Waals surface area (Å²) in [7, 11) is 3.13. The zero-order valence-electron chi connectivity index (χ0n) is 18.2. The van der Waals surface area contributed by atoms with E-state index in [2.05, 4.69) is 12.2 Å². The molecule has 8 nitrogen and oxygen atoms in total. The first-order valence-corrected chi connectivity index (χ1v) is 10.5. The number of methoxy groups -OCH3 is 2. The highest BCUT2D eigenvalue weighted by Crippen LogP contribution is 2.36. The maximum absolute atomic E-state index is 13.0. The minimum Gasteiger partial charge on any atom is -0.493 e. The molecule has 1 heterocycles. The van der Waals surface area contributed by atoms with Crippen LogP contribution in [0, 0.1) is 5.92 Å². The Labute approximate surface area is 177 Å². The molecule has 1 N–H and O–H groups in total. The minimum absolute atomic E-state index is 0.247. The van der Waals surface area contributed by atoms with Crippen molar-refractivity contribution in [2.75, 3.05) is 27.3 Å². The lowest BCUT2D eigenvalue weighted by Crippen LogP contribution is -2.50. The van der Waals surface area contributed by atoms with Crippen LogP contribution in [0.1, 0.15) is 45.1 Å². The van der Waals surface area contributed by atoms with E-state index in [0.717, 1.165) is 23.3 Å². The van der Waals surface area contributed by atoms with E-state index in [-0.39, 0.29) is 18.4 Å². The fraction of sp³-hybridized carbons (Fsp3) is 0.591. The average molecular weight is 418 g/mol. The molecule has 1 aromatic carbocycles. The summed E-state index contributed by atoms with van der Waals surface area (Å²) in [4.78, 5) is 41.1. The highest BCUT2D eigenvalue weighted by atomic mass is 16.5. The topological polar surface area (TPSA) is 88.2 Å². The summed E-state index contributed by atoms with van der Waals surface area (Å²) in [6.07, 6.45) is 3.06. The molecule has 0 unspecified atom stereocenters. The van der Waals surface area contributed by atoms with Crippen molar-refractivity contribution in [3.63, 3.8) is 0 Å². The predicted molar refractivity (Wildman–Crippen MR) is 111 cm³/mol. The summed E-state index contributed by atoms with van der Waals surface area (Å²) >= 11 is 0. The molecule has 8 heteroatoms. The lowest BCUT2D eigenvalue weighted by Gasteiger charge is -2.33. The summed E-state index contributed by atoms with van der Waals surface area (Å²) in [5, 5.41) is 2.87. The second kappa shape index (κ2) is 8.93. The van der Waals surface area contributed by atoms with Gasteiger partial charge in [-0.15, -0.1) is 0 Å². The first-order chi connectivity index (χ1) is 14.3. The van der Waals surface area contributed by atoms with Gasteiger partial charge in [-0.05, 0) is 56.2 Å². The maximum atomic E-state index is 13.0. The van der Waals surface area contributed by atoms with Gasteiger partial charge in [0.25, 0.3) is 5.91 Å². The van der Waals surface area contributed by atoms with Crippen LogP contribution in [0.5, 0.6) is 11.5 Å². The molecule has 1 spiro atoms. The van der Waals surface area contributed by atoms with E-state index in [0.29, 0.717) is 43.3 Å². The number of amides is 4. The average Bonchev–Trinajstić information content (AvgIpc) is 2.97. The van der Waals surface area contributed by atoms with E-state index in [9.17, 15) is 14.4 Å². The van der Waals surface area contributed by atoms with E-state index in [1.807, 2.05) is 19.1 Å². The van der Waals surface area contributed by atoms with Crippen molar-refractivity contribution in [1.82, 2.24) is 15.1 Å². The number of benzene rings is 1. The highest BCUT2D eigenvalue weighted by Gasteiger charge is 2.52. The van der Waals surface area contributed by atoms with Crippen molar-refractivity contribution in [2.24, 2.45) is 5.92 Å². The molecule has 2 fully saturated rings. The zero-order chi connectivity index (χ0) is 21.9. The number of carbonyl (C=O) groups excluding carboxylic acids is 3. The number of hydrogen-bond acceptors (Lipinski definition) is 5. The van der Waals surface area contributed by atoms with Crippen molar-refractivity contribution in [2.45, 2.75) is 51.6 Å². The van der Waals surface area contributed by atoms with Crippen molar-refractivity contribution >= 4 is 17.8 Å². The van der Waals surface area contributed by atoms with Gasteiger partial charge >= 0.3 is 6.03 Å². The smallest absolute Gasteiger partial charge is 0.325 e. The molecule has 2 aliphatic rings. The van der Waals surface area contributed by atoms with Crippen LogP contribution in [0.4, 0.5) is 4.79 Å². The Morgan fingerprint density at radius 1 is 1.20 bits per heavy atom. The molecule has 1 aliphatic heterocycles. The van der Waals surface area contributed by atoms with Gasteiger partial charge in [0.05, 0.1) is 14.2 Å². The first kappa shape index (κ1) is 21.9. The number of likely N-dealkylation sites (N-methyl/N-ethyl adjacent to an activating group) is 1. The van der Waals surface area contributed by atoms with Gasteiger partial charge in [-0.1, -0.05) is 13.0 Å². The molecule has 0 radical (unpaired) electrons. The minimum atomic E-state index is -0.829. The van der Waals surface area contributed by atoms with E-state index in [1.54, 1.807) is 25.2 Å². The van der Waals surface area contributed by atoms with Crippen LogP contribution < -0.4 is 14.8 Å². The Hall–Kier alpha value is -2.77. The van der Waals surface area contributed by atoms with Crippen molar-refractivity contribution in [3.8, 4) is 11.5 Å². The Kier molecular flexibility index (Phi) is 6.53. The number of ether oxygens (including phenoxy) is 2. The van der Waals surface area contributed by atoms with Crippen LogP contribution in [0.25, 0.3) is 0 Å². The first-order valence-electron chi connectivity index (χ1n) is 10.5. The molecule has 1 aliphatic carbocycles. The number of imide groups is 1. The molecule has 0 aromatic heterocycles. The Morgan fingerprint density at radius 2 is 1.87 bits per heavy atom. The van der Waals surface area contributed by atoms with E-state index in [4.69, 9.17) is 9.47 Å². The van der Waals surface area contributed by atoms with E-state index in [1.165, 1.54) is 0 Å². The monoisotopic (exact) mass is 417 g/mol. The van der Waals surface area contributed by atoms with Gasteiger partial charge < -0.3 is 19.7 Å². The van der Waals surface area contributed by atoms with E-state index >= 15 is 0 Å². The van der Waals surface area contributed by atoms with Gasteiger partial charge in [-0.25, -0.2) is 4.79 Å². The van der Waals surface area contributed by atoms with Crippen LogP contribution in [0.15, 0.2) is 18.2 Å². The van der Waals surface area contributed by atoms with Gasteiger partial charge in [0, 0.05) is 13.1 Å². The third-order valence-corrected chi connectivity index (χ3v) is 6.22. The number of urea groups is 1. The number of nitrogens with one attached hydrogen (secondary N) is 1. The third kappa shape index (κ3) is 4.22. The second-order valence-corrected chi connectivity index (χ2v) is 8.18. The lowest BCUT2D eigenvalue weighted by atomic mass is 9.77. The lowest BCUT2D eigenvalue weighted by molar-refractivity contribution is -0.139. The molecule has 1 aromatic rings. The van der Waals surface area contributed by atoms with Crippen LogP contribution in [0.3, 0.4) is 0 Å². The Bertz CT molecular complexity index is 817. The molecular weight excluding hydrogens is 386 g/mol. The predicted octanol–water partition coefficient (Wildman–Crippen LogP) is 2.55. The van der Waals surface area contributed by atoms with Crippen molar-refractivity contribution in [3.05, 3.63) is 23.8 Å². The van der Waals surface area contributed by atoms with Crippen molar-refractivity contribution < 1.29 is 23.9 Å². The standard InChI is InChI=1S/C22H31N3O5/c1-5-24(13-16-6-7-17(29-3)18(12-16)30-4)19(26)14-25-20(27)22(23-21(25)28)10-8-15(2)9-11-22/h6-7,12,15H,5,8-11,13-14H2,1-4H3,(H,23,28). The SMILES string of the molecule is CCN(Cc1ccc(OC)c(OC)c1)C(=O)CN1C(=O)NC2(CCC(C)CC2)C1=O. The van der Waals surface area contributed by atoms with Crippen LogP contribution in [-0.2, 0) is 16.1 Å². The number of carbonyl (C=O) groups is 3. The summed E-state index contributed by atoms with van der Waals surface area (Å²) in [6, 6.07) is 5.01. The second-order valence-electron chi connectivity index (χ2n) is 8.18. The van der Waals surface area contributed by atoms with E-state index < -0.39 is 11.6 Å². The molecule has 1 saturated heterocycles. The molecule has 0 atom stereocenters. The largest absolute Gasteiger partial charge is 0.493 e. The third-order valence-electron chi connectivity index (χ3n) is 6.22. The number of rotatable bonds is 7. The van der Waals surface area contributed by atoms with Crippen LogP contribution in [0.2, 0.25) is 0 Å². The normalized spacial score (nSPS) is 23.5. The quantitative estimate of drug-likeness (QED) is 0.689. The fourth-order valence-corrected chi connectivity index (χ4v) is 4.22. The van der Waals surface area contributed by atoms with Crippen LogP contribution in [-0.4, -0.2) is 60.5 Å².